The zero-order valence-corrected chi connectivity index (χ0v) is 24.9. The van der Waals surface area contributed by atoms with Gasteiger partial charge in [-0.25, -0.2) is 4.99 Å². The molecule has 46 heavy (non-hydrogen) atoms. The summed E-state index contributed by atoms with van der Waals surface area (Å²) in [6.07, 6.45) is 12.1. The van der Waals surface area contributed by atoms with Crippen molar-refractivity contribution in [2.75, 3.05) is 6.54 Å². The predicted octanol–water partition coefficient (Wildman–Crippen LogP) is 8.61. The lowest BCUT2D eigenvalue weighted by atomic mass is 10.0. The van der Waals surface area contributed by atoms with E-state index in [1.165, 1.54) is 0 Å². The lowest BCUT2D eigenvalue weighted by molar-refractivity contribution is 0.635. The van der Waals surface area contributed by atoms with Gasteiger partial charge in [-0.05, 0) is 90.2 Å². The molecule has 3 aromatic heterocycles. The number of aliphatic imine (C=N–C) groups is 1. The molecule has 2 aliphatic rings. The Labute approximate surface area is 265 Å². The molecule has 5 heterocycles. The fraction of sp³-hybridized carbons (Fsp3) is 0.0500. The summed E-state index contributed by atoms with van der Waals surface area (Å²) in [5.41, 5.74) is 9.52. The molecule has 0 bridgehead atoms. The molecule has 6 nitrogen and oxygen atoms in total. The first-order valence-electron chi connectivity index (χ1n) is 15.5. The first-order valence-corrected chi connectivity index (χ1v) is 15.5. The normalized spacial score (nSPS) is 16.2. The lowest BCUT2D eigenvalue weighted by Crippen LogP contribution is -2.31. The second-order valence-electron chi connectivity index (χ2n) is 11.6. The molecule has 0 spiro atoms. The summed E-state index contributed by atoms with van der Waals surface area (Å²) in [5, 5.41) is 10.3. The van der Waals surface area contributed by atoms with Gasteiger partial charge in [-0.2, -0.15) is 0 Å². The predicted molar refractivity (Wildman–Crippen MR) is 186 cm³/mol. The van der Waals surface area contributed by atoms with E-state index in [4.69, 9.17) is 9.41 Å². The highest BCUT2D eigenvalue weighted by Crippen LogP contribution is 2.39. The molecule has 0 saturated carbocycles. The summed E-state index contributed by atoms with van der Waals surface area (Å²) in [6.45, 7) is 0.784. The van der Waals surface area contributed by atoms with Crippen LogP contribution in [-0.2, 0) is 0 Å². The average molecular weight is 596 g/mol. The minimum Gasteiger partial charge on any atom is -0.455 e. The average Bonchev–Trinajstić information content (AvgIpc) is 3.72. The van der Waals surface area contributed by atoms with E-state index in [0.29, 0.717) is 0 Å². The number of nitrogens with zero attached hydrogens (tertiary/aromatic N) is 3. The molecule has 2 aliphatic heterocycles. The quantitative estimate of drug-likeness (QED) is 0.209. The summed E-state index contributed by atoms with van der Waals surface area (Å²) in [7, 11) is 0. The van der Waals surface area contributed by atoms with E-state index in [1.807, 2.05) is 48.9 Å². The summed E-state index contributed by atoms with van der Waals surface area (Å²) in [4.78, 5) is 9.31. The molecule has 0 fully saturated rings. The molecule has 0 aliphatic carbocycles. The van der Waals surface area contributed by atoms with Crippen LogP contribution in [0.4, 0.5) is 0 Å². The van der Waals surface area contributed by atoms with Gasteiger partial charge in [0.15, 0.2) is 0 Å². The lowest BCUT2D eigenvalue weighted by Gasteiger charge is -2.25. The highest BCUT2D eigenvalue weighted by atomic mass is 16.3. The van der Waals surface area contributed by atoms with Crippen molar-refractivity contribution in [2.45, 2.75) is 6.04 Å². The van der Waals surface area contributed by atoms with Gasteiger partial charge in [0, 0.05) is 46.5 Å². The SMILES string of the molecule is C1=CC(C2=CC(c3ccncc3)NC(c3ccc(-n4c5ccccc5c5c6oc(-c7ccccc7)cc6ccc54)cc3)=N2)=CCN1. The Balaban J connectivity index is 1.14. The van der Waals surface area contributed by atoms with Crippen molar-refractivity contribution >= 4 is 38.6 Å². The van der Waals surface area contributed by atoms with Crippen LogP contribution < -0.4 is 10.6 Å². The summed E-state index contributed by atoms with van der Waals surface area (Å²) in [6, 6.07) is 38.1. The number of amidine groups is 1. The van der Waals surface area contributed by atoms with E-state index in [9.17, 15) is 0 Å². The third-order valence-electron chi connectivity index (χ3n) is 8.81. The van der Waals surface area contributed by atoms with Gasteiger partial charge in [-0.1, -0.05) is 54.6 Å². The highest BCUT2D eigenvalue weighted by Gasteiger charge is 2.22. The Bertz CT molecular complexity index is 2380. The van der Waals surface area contributed by atoms with Gasteiger partial charge in [-0.3, -0.25) is 4.98 Å². The number of pyridine rings is 1. The molecule has 7 aromatic rings. The summed E-state index contributed by atoms with van der Waals surface area (Å²) in [5.74, 6) is 1.71. The molecule has 1 unspecified atom stereocenters. The molecule has 9 rings (SSSR count). The molecular formula is C40H29N5O. The minimum atomic E-state index is -0.0248. The van der Waals surface area contributed by atoms with Crippen LogP contribution in [0.25, 0.3) is 49.8 Å². The van der Waals surface area contributed by atoms with Crippen LogP contribution in [0.1, 0.15) is 17.2 Å². The van der Waals surface area contributed by atoms with Crippen molar-refractivity contribution in [1.29, 1.82) is 0 Å². The van der Waals surface area contributed by atoms with Crippen molar-refractivity contribution in [2.24, 2.45) is 4.99 Å². The van der Waals surface area contributed by atoms with Crippen LogP contribution in [0.15, 0.2) is 167 Å². The van der Waals surface area contributed by atoms with Gasteiger partial charge in [0.25, 0.3) is 0 Å². The molecule has 0 radical (unpaired) electrons. The number of furan rings is 1. The number of fused-ring (bicyclic) bond motifs is 5. The first-order chi connectivity index (χ1) is 22.8. The first kappa shape index (κ1) is 26.3. The van der Waals surface area contributed by atoms with Gasteiger partial charge < -0.3 is 19.6 Å². The largest absolute Gasteiger partial charge is 0.455 e. The molecule has 220 valence electrons. The fourth-order valence-corrected chi connectivity index (χ4v) is 6.58. The Morgan fingerprint density at radius 1 is 0.783 bits per heavy atom. The van der Waals surface area contributed by atoms with Gasteiger partial charge in [0.05, 0.1) is 28.2 Å². The fourth-order valence-electron chi connectivity index (χ4n) is 6.58. The molecule has 0 saturated heterocycles. The number of para-hydroxylation sites is 1. The van der Waals surface area contributed by atoms with E-state index < -0.39 is 0 Å². The topological polar surface area (TPSA) is 67.4 Å². The molecule has 0 amide bonds. The Morgan fingerprint density at radius 2 is 1.61 bits per heavy atom. The van der Waals surface area contributed by atoms with E-state index in [1.54, 1.807) is 0 Å². The number of hydrogen-bond donors (Lipinski definition) is 2. The van der Waals surface area contributed by atoms with Crippen LogP contribution in [0.3, 0.4) is 0 Å². The van der Waals surface area contributed by atoms with E-state index in [-0.39, 0.29) is 6.04 Å². The van der Waals surface area contributed by atoms with Crippen LogP contribution in [0.2, 0.25) is 0 Å². The zero-order valence-electron chi connectivity index (χ0n) is 24.9. The van der Waals surface area contributed by atoms with Gasteiger partial charge in [0.2, 0.25) is 0 Å². The number of nitrogens with one attached hydrogen (secondary N) is 2. The van der Waals surface area contributed by atoms with Gasteiger partial charge in [-0.15, -0.1) is 0 Å². The highest BCUT2D eigenvalue weighted by molar-refractivity contribution is 6.20. The maximum Gasteiger partial charge on any atom is 0.144 e. The van der Waals surface area contributed by atoms with Crippen molar-refractivity contribution in [3.05, 3.63) is 168 Å². The minimum absolute atomic E-state index is 0.0248. The van der Waals surface area contributed by atoms with Crippen LogP contribution >= 0.6 is 0 Å². The molecule has 2 N–H and O–H groups in total. The standard InChI is InChI=1S/C40H29N5O/c1-2-6-28(7-3-1)37-24-30-12-15-36-38(39(30)46-37)32-8-4-5-9-35(32)45(36)31-13-10-29(11-14-31)40-43-33(26-16-20-41-21-17-26)25-34(44-40)27-18-22-42-23-19-27/h1-22,24-25,33,42H,23H2,(H,43,44). The third kappa shape index (κ3) is 4.42. The number of dihydropyridines is 1. The second kappa shape index (κ2) is 10.8. The second-order valence-corrected chi connectivity index (χ2v) is 11.6. The van der Waals surface area contributed by atoms with Crippen molar-refractivity contribution in [3.63, 3.8) is 0 Å². The maximum atomic E-state index is 6.57. The maximum absolute atomic E-state index is 6.57. The Kier molecular flexibility index (Phi) is 6.16. The van der Waals surface area contributed by atoms with Gasteiger partial charge >= 0.3 is 0 Å². The van der Waals surface area contributed by atoms with Crippen LogP contribution in [-0.4, -0.2) is 21.9 Å². The van der Waals surface area contributed by atoms with E-state index in [2.05, 4.69) is 117 Å². The Morgan fingerprint density at radius 3 is 2.43 bits per heavy atom. The van der Waals surface area contributed by atoms with Crippen LogP contribution in [0, 0.1) is 0 Å². The molecule has 1 atom stereocenters. The monoisotopic (exact) mass is 595 g/mol. The Hall–Kier alpha value is -6.14. The van der Waals surface area contributed by atoms with E-state index in [0.717, 1.165) is 84.6 Å². The summed E-state index contributed by atoms with van der Waals surface area (Å²) < 4.78 is 8.89. The van der Waals surface area contributed by atoms with Gasteiger partial charge in [0.1, 0.15) is 17.2 Å². The van der Waals surface area contributed by atoms with Crippen LogP contribution in [0.5, 0.6) is 0 Å². The zero-order chi connectivity index (χ0) is 30.5. The molecular weight excluding hydrogens is 566 g/mol. The number of hydrogen-bond acceptors (Lipinski definition) is 5. The smallest absolute Gasteiger partial charge is 0.144 e. The summed E-state index contributed by atoms with van der Waals surface area (Å²) >= 11 is 0. The number of rotatable bonds is 5. The van der Waals surface area contributed by atoms with Crippen molar-refractivity contribution in [1.82, 2.24) is 20.2 Å². The van der Waals surface area contributed by atoms with E-state index >= 15 is 0 Å². The van der Waals surface area contributed by atoms with Crippen molar-refractivity contribution < 1.29 is 4.42 Å². The number of allylic oxidation sites excluding steroid dienone is 1. The molecule has 4 aromatic carbocycles. The third-order valence-corrected chi connectivity index (χ3v) is 8.81. The number of aromatic nitrogens is 2. The van der Waals surface area contributed by atoms with Crippen molar-refractivity contribution in [3.8, 4) is 17.0 Å². The number of benzene rings is 4. The molecule has 6 heteroatoms.